The van der Waals surface area contributed by atoms with Crippen molar-refractivity contribution in [3.63, 3.8) is 0 Å². The summed E-state index contributed by atoms with van der Waals surface area (Å²) in [5.41, 5.74) is 0. The molecule has 0 atom stereocenters. The molecule has 84 valence electrons. The molecule has 0 radical (unpaired) electrons. The van der Waals surface area contributed by atoms with E-state index in [-0.39, 0.29) is 0 Å². The van der Waals surface area contributed by atoms with Crippen molar-refractivity contribution in [3.8, 4) is 0 Å². The average Bonchev–Trinajstić information content (AvgIpc) is 3.03. The summed E-state index contributed by atoms with van der Waals surface area (Å²) in [5, 5.41) is 4.21. The first-order chi connectivity index (χ1) is 7.93. The summed E-state index contributed by atoms with van der Waals surface area (Å²) in [6.07, 6.45) is 14.0. The third kappa shape index (κ3) is 1.73. The standard InChI is InChI=1S/C11H15N5/c1-3-11(16-9-13-7-14-16)4-2-10(1)15-6-5-12-8-15/h5-11H,1-4H2. The number of nitrogens with zero attached hydrogens (tertiary/aromatic N) is 5. The Morgan fingerprint density at radius 2 is 1.75 bits per heavy atom. The van der Waals surface area contributed by atoms with Gasteiger partial charge in [0.25, 0.3) is 0 Å². The van der Waals surface area contributed by atoms with Gasteiger partial charge in [-0.25, -0.2) is 14.6 Å². The molecule has 3 rings (SSSR count). The third-order valence-electron chi connectivity index (χ3n) is 3.42. The highest BCUT2D eigenvalue weighted by molar-refractivity contribution is 4.85. The lowest BCUT2D eigenvalue weighted by atomic mass is 9.91. The average molecular weight is 217 g/mol. The minimum Gasteiger partial charge on any atom is -0.334 e. The van der Waals surface area contributed by atoms with Crippen LogP contribution in [0, 0.1) is 0 Å². The number of imidazole rings is 1. The van der Waals surface area contributed by atoms with Crippen LogP contribution in [-0.2, 0) is 0 Å². The van der Waals surface area contributed by atoms with Gasteiger partial charge in [-0.15, -0.1) is 0 Å². The van der Waals surface area contributed by atoms with Crippen LogP contribution in [0.5, 0.6) is 0 Å². The summed E-state index contributed by atoms with van der Waals surface area (Å²) in [7, 11) is 0. The van der Waals surface area contributed by atoms with E-state index in [1.807, 2.05) is 23.5 Å². The van der Waals surface area contributed by atoms with Gasteiger partial charge in [0, 0.05) is 18.4 Å². The smallest absolute Gasteiger partial charge is 0.137 e. The summed E-state index contributed by atoms with van der Waals surface area (Å²) >= 11 is 0. The van der Waals surface area contributed by atoms with E-state index in [0.717, 1.165) is 0 Å². The fraction of sp³-hybridized carbons (Fsp3) is 0.545. The first-order valence-corrected chi connectivity index (χ1v) is 5.75. The summed E-state index contributed by atoms with van der Waals surface area (Å²) in [4.78, 5) is 8.10. The van der Waals surface area contributed by atoms with Crippen molar-refractivity contribution in [1.82, 2.24) is 24.3 Å². The maximum Gasteiger partial charge on any atom is 0.137 e. The van der Waals surface area contributed by atoms with Crippen molar-refractivity contribution >= 4 is 0 Å². The van der Waals surface area contributed by atoms with E-state index >= 15 is 0 Å². The van der Waals surface area contributed by atoms with Gasteiger partial charge in [-0.3, -0.25) is 0 Å². The van der Waals surface area contributed by atoms with Gasteiger partial charge in [0.15, 0.2) is 0 Å². The SMILES string of the molecule is c1cn(C2CCC(n3cncn3)CC2)cn1. The van der Waals surface area contributed by atoms with Gasteiger partial charge in [0.1, 0.15) is 12.7 Å². The molecule has 0 N–H and O–H groups in total. The van der Waals surface area contributed by atoms with Gasteiger partial charge in [0.05, 0.1) is 12.4 Å². The molecular weight excluding hydrogens is 202 g/mol. The molecule has 16 heavy (non-hydrogen) atoms. The van der Waals surface area contributed by atoms with Crippen molar-refractivity contribution in [1.29, 1.82) is 0 Å². The maximum absolute atomic E-state index is 4.21. The van der Waals surface area contributed by atoms with Crippen LogP contribution in [0.3, 0.4) is 0 Å². The van der Waals surface area contributed by atoms with Gasteiger partial charge in [-0.1, -0.05) is 0 Å². The molecule has 0 aromatic carbocycles. The Morgan fingerprint density at radius 1 is 0.938 bits per heavy atom. The second-order valence-corrected chi connectivity index (χ2v) is 4.35. The van der Waals surface area contributed by atoms with E-state index in [9.17, 15) is 0 Å². The second-order valence-electron chi connectivity index (χ2n) is 4.35. The van der Waals surface area contributed by atoms with E-state index in [2.05, 4.69) is 25.8 Å². The molecule has 2 aromatic heterocycles. The van der Waals surface area contributed by atoms with E-state index in [1.165, 1.54) is 25.7 Å². The summed E-state index contributed by atoms with van der Waals surface area (Å²) in [5.74, 6) is 0. The number of rotatable bonds is 2. The molecule has 0 spiro atoms. The fourth-order valence-electron chi connectivity index (χ4n) is 2.51. The molecule has 2 aromatic rings. The lowest BCUT2D eigenvalue weighted by molar-refractivity contribution is 0.261. The zero-order chi connectivity index (χ0) is 10.8. The topological polar surface area (TPSA) is 48.5 Å². The first-order valence-electron chi connectivity index (χ1n) is 5.75. The highest BCUT2D eigenvalue weighted by Crippen LogP contribution is 2.34. The van der Waals surface area contributed by atoms with E-state index in [0.29, 0.717) is 12.1 Å². The molecule has 1 aliphatic rings. The zero-order valence-corrected chi connectivity index (χ0v) is 9.11. The quantitative estimate of drug-likeness (QED) is 0.771. The molecule has 0 unspecified atom stereocenters. The number of hydrogen-bond donors (Lipinski definition) is 0. The summed E-state index contributed by atoms with van der Waals surface area (Å²) in [6, 6.07) is 1.14. The fourth-order valence-corrected chi connectivity index (χ4v) is 2.51. The Morgan fingerprint density at radius 3 is 2.38 bits per heavy atom. The molecule has 0 saturated heterocycles. The first kappa shape index (κ1) is 9.57. The lowest BCUT2D eigenvalue weighted by Crippen LogP contribution is -2.20. The number of hydrogen-bond acceptors (Lipinski definition) is 3. The third-order valence-corrected chi connectivity index (χ3v) is 3.42. The van der Waals surface area contributed by atoms with Crippen molar-refractivity contribution in [2.75, 3.05) is 0 Å². The Hall–Kier alpha value is -1.65. The van der Waals surface area contributed by atoms with Gasteiger partial charge < -0.3 is 4.57 Å². The van der Waals surface area contributed by atoms with Crippen molar-refractivity contribution in [2.24, 2.45) is 0 Å². The van der Waals surface area contributed by atoms with Crippen LogP contribution in [0.1, 0.15) is 37.8 Å². The van der Waals surface area contributed by atoms with E-state index in [4.69, 9.17) is 0 Å². The molecule has 0 aliphatic heterocycles. The van der Waals surface area contributed by atoms with Crippen molar-refractivity contribution in [3.05, 3.63) is 31.4 Å². The molecule has 2 heterocycles. The predicted molar refractivity (Wildman–Crippen MR) is 58.8 cm³/mol. The number of aromatic nitrogens is 5. The van der Waals surface area contributed by atoms with Crippen molar-refractivity contribution < 1.29 is 0 Å². The summed E-state index contributed by atoms with van der Waals surface area (Å²) in [6.45, 7) is 0. The van der Waals surface area contributed by atoms with Crippen LogP contribution in [0.25, 0.3) is 0 Å². The van der Waals surface area contributed by atoms with Gasteiger partial charge in [0.2, 0.25) is 0 Å². The van der Waals surface area contributed by atoms with Crippen LogP contribution < -0.4 is 0 Å². The largest absolute Gasteiger partial charge is 0.334 e. The normalized spacial score (nSPS) is 25.8. The lowest BCUT2D eigenvalue weighted by Gasteiger charge is -2.29. The molecule has 5 heteroatoms. The molecular formula is C11H15N5. The van der Waals surface area contributed by atoms with Gasteiger partial charge in [-0.05, 0) is 25.7 Å². The second kappa shape index (κ2) is 4.08. The molecule has 1 saturated carbocycles. The molecule has 1 aliphatic carbocycles. The Bertz CT molecular complexity index is 369. The van der Waals surface area contributed by atoms with E-state index < -0.39 is 0 Å². The van der Waals surface area contributed by atoms with Crippen LogP contribution in [0.15, 0.2) is 31.4 Å². The Labute approximate surface area is 94.1 Å². The summed E-state index contributed by atoms with van der Waals surface area (Å²) < 4.78 is 4.21. The highest BCUT2D eigenvalue weighted by atomic mass is 15.3. The van der Waals surface area contributed by atoms with Crippen molar-refractivity contribution in [2.45, 2.75) is 37.8 Å². The monoisotopic (exact) mass is 217 g/mol. The van der Waals surface area contributed by atoms with Crippen LogP contribution >= 0.6 is 0 Å². The highest BCUT2D eigenvalue weighted by Gasteiger charge is 2.23. The predicted octanol–water partition coefficient (Wildman–Crippen LogP) is 1.83. The van der Waals surface area contributed by atoms with Crippen LogP contribution in [0.4, 0.5) is 0 Å². The zero-order valence-electron chi connectivity index (χ0n) is 9.11. The molecule has 5 nitrogen and oxygen atoms in total. The van der Waals surface area contributed by atoms with Crippen LogP contribution in [0.2, 0.25) is 0 Å². The van der Waals surface area contributed by atoms with Gasteiger partial charge in [-0.2, -0.15) is 5.10 Å². The Balaban J connectivity index is 1.64. The molecule has 1 fully saturated rings. The minimum atomic E-state index is 0.530. The van der Waals surface area contributed by atoms with Gasteiger partial charge >= 0.3 is 0 Å². The molecule has 0 bridgehead atoms. The Kier molecular flexibility index (Phi) is 2.44. The molecule has 0 amide bonds. The van der Waals surface area contributed by atoms with E-state index in [1.54, 1.807) is 6.33 Å². The van der Waals surface area contributed by atoms with Crippen LogP contribution in [-0.4, -0.2) is 24.3 Å². The minimum absolute atomic E-state index is 0.530. The maximum atomic E-state index is 4.21.